The molecule has 0 saturated carbocycles. The van der Waals surface area contributed by atoms with Crippen LogP contribution in [0.4, 0.5) is 5.69 Å². The van der Waals surface area contributed by atoms with Gasteiger partial charge in [0, 0.05) is 35.6 Å². The number of fused-ring (bicyclic) bond motifs is 2. The SMILES string of the molecule is Nc1c(C(=O)N2CCn3ccnc3C2)sc2ccccc12. The van der Waals surface area contributed by atoms with Crippen molar-refractivity contribution in [1.82, 2.24) is 14.5 Å². The number of carbonyl (C=O) groups is 1. The van der Waals surface area contributed by atoms with Crippen LogP contribution in [0.15, 0.2) is 36.7 Å². The van der Waals surface area contributed by atoms with E-state index in [0.29, 0.717) is 23.7 Å². The fourth-order valence-corrected chi connectivity index (χ4v) is 3.81. The van der Waals surface area contributed by atoms with Crippen molar-refractivity contribution in [3.63, 3.8) is 0 Å². The number of nitrogen functional groups attached to an aromatic ring is 1. The van der Waals surface area contributed by atoms with Crippen molar-refractivity contribution in [3.05, 3.63) is 47.4 Å². The van der Waals surface area contributed by atoms with Crippen LogP contribution in [0.1, 0.15) is 15.5 Å². The zero-order valence-electron chi connectivity index (χ0n) is 11.3. The van der Waals surface area contributed by atoms with E-state index in [0.717, 1.165) is 22.5 Å². The topological polar surface area (TPSA) is 64.2 Å². The Morgan fingerprint density at radius 1 is 1.29 bits per heavy atom. The van der Waals surface area contributed by atoms with Crippen molar-refractivity contribution in [1.29, 1.82) is 0 Å². The Balaban J connectivity index is 1.69. The number of hydrogen-bond donors (Lipinski definition) is 1. The summed E-state index contributed by atoms with van der Waals surface area (Å²) in [7, 11) is 0. The van der Waals surface area contributed by atoms with Crippen molar-refractivity contribution in [2.24, 2.45) is 0 Å². The molecule has 0 fully saturated rings. The van der Waals surface area contributed by atoms with E-state index in [9.17, 15) is 4.79 Å². The van der Waals surface area contributed by atoms with E-state index in [1.807, 2.05) is 35.4 Å². The van der Waals surface area contributed by atoms with Crippen LogP contribution in [0, 0.1) is 0 Å². The maximum atomic E-state index is 12.7. The molecule has 0 aliphatic carbocycles. The molecule has 2 aromatic heterocycles. The quantitative estimate of drug-likeness (QED) is 0.750. The summed E-state index contributed by atoms with van der Waals surface area (Å²) in [6.45, 7) is 2.02. The number of imidazole rings is 1. The third kappa shape index (κ3) is 1.91. The van der Waals surface area contributed by atoms with Crippen LogP contribution in [0.3, 0.4) is 0 Å². The van der Waals surface area contributed by atoms with Gasteiger partial charge in [0.1, 0.15) is 10.7 Å². The zero-order chi connectivity index (χ0) is 14.4. The summed E-state index contributed by atoms with van der Waals surface area (Å²) in [6, 6.07) is 7.86. The van der Waals surface area contributed by atoms with E-state index in [4.69, 9.17) is 5.73 Å². The Kier molecular flexibility index (Phi) is 2.71. The van der Waals surface area contributed by atoms with Crippen LogP contribution in [0.5, 0.6) is 0 Å². The largest absolute Gasteiger partial charge is 0.397 e. The second-order valence-electron chi connectivity index (χ2n) is 5.10. The summed E-state index contributed by atoms with van der Waals surface area (Å²) in [5.41, 5.74) is 6.76. The smallest absolute Gasteiger partial charge is 0.266 e. The fraction of sp³-hybridized carbons (Fsp3) is 0.200. The molecular formula is C15H14N4OS. The molecule has 21 heavy (non-hydrogen) atoms. The van der Waals surface area contributed by atoms with Gasteiger partial charge in [0.2, 0.25) is 0 Å². The van der Waals surface area contributed by atoms with Crippen LogP contribution < -0.4 is 5.73 Å². The molecule has 1 amide bonds. The van der Waals surface area contributed by atoms with Crippen molar-refractivity contribution < 1.29 is 4.79 Å². The van der Waals surface area contributed by atoms with Gasteiger partial charge in [-0.15, -0.1) is 11.3 Å². The summed E-state index contributed by atoms with van der Waals surface area (Å²) in [5, 5.41) is 0.962. The number of hydrogen-bond acceptors (Lipinski definition) is 4. The van der Waals surface area contributed by atoms with Gasteiger partial charge in [0.05, 0.1) is 12.2 Å². The van der Waals surface area contributed by atoms with Gasteiger partial charge in [-0.05, 0) is 6.07 Å². The molecule has 0 saturated heterocycles. The number of anilines is 1. The summed E-state index contributed by atoms with van der Waals surface area (Å²) in [6.07, 6.45) is 3.72. The van der Waals surface area contributed by atoms with Gasteiger partial charge in [-0.1, -0.05) is 18.2 Å². The van der Waals surface area contributed by atoms with Gasteiger partial charge in [-0.2, -0.15) is 0 Å². The maximum absolute atomic E-state index is 12.7. The minimum absolute atomic E-state index is 0.00273. The van der Waals surface area contributed by atoms with Crippen LogP contribution in [-0.4, -0.2) is 26.9 Å². The molecule has 1 aliphatic rings. The van der Waals surface area contributed by atoms with E-state index >= 15 is 0 Å². The first-order chi connectivity index (χ1) is 10.2. The molecule has 3 heterocycles. The van der Waals surface area contributed by atoms with Gasteiger partial charge in [-0.3, -0.25) is 4.79 Å². The maximum Gasteiger partial charge on any atom is 0.266 e. The van der Waals surface area contributed by atoms with Crippen molar-refractivity contribution >= 4 is 33.0 Å². The first-order valence-corrected chi connectivity index (χ1v) is 7.62. The predicted molar refractivity (Wildman–Crippen MR) is 83.2 cm³/mol. The fourth-order valence-electron chi connectivity index (χ4n) is 2.71. The van der Waals surface area contributed by atoms with E-state index in [2.05, 4.69) is 9.55 Å². The van der Waals surface area contributed by atoms with Gasteiger partial charge in [0.15, 0.2) is 0 Å². The van der Waals surface area contributed by atoms with Crippen LogP contribution in [0.2, 0.25) is 0 Å². The zero-order valence-corrected chi connectivity index (χ0v) is 12.1. The predicted octanol–water partition coefficient (Wildman–Crippen LogP) is 2.34. The second kappa shape index (κ2) is 4.60. The highest BCUT2D eigenvalue weighted by atomic mass is 32.1. The molecule has 1 aliphatic heterocycles. The van der Waals surface area contributed by atoms with Crippen LogP contribution in [-0.2, 0) is 13.1 Å². The second-order valence-corrected chi connectivity index (χ2v) is 6.16. The molecule has 2 N–H and O–H groups in total. The number of carbonyl (C=O) groups excluding carboxylic acids is 1. The highest BCUT2D eigenvalue weighted by Gasteiger charge is 2.25. The Hall–Kier alpha value is -2.34. The van der Waals surface area contributed by atoms with E-state index in [-0.39, 0.29) is 5.91 Å². The van der Waals surface area contributed by atoms with E-state index < -0.39 is 0 Å². The molecule has 0 bridgehead atoms. The molecule has 3 aromatic rings. The Labute approximate surface area is 125 Å². The number of rotatable bonds is 1. The third-order valence-corrected chi connectivity index (χ3v) is 5.03. The Morgan fingerprint density at radius 3 is 3.00 bits per heavy atom. The standard InChI is InChI=1S/C15H14N4OS/c16-13-10-3-1-2-4-11(10)21-14(13)15(20)19-8-7-18-6-5-17-12(18)9-19/h1-6H,7-9,16H2. The lowest BCUT2D eigenvalue weighted by molar-refractivity contribution is 0.0713. The normalized spacial score (nSPS) is 14.4. The lowest BCUT2D eigenvalue weighted by Crippen LogP contribution is -2.38. The van der Waals surface area contributed by atoms with Gasteiger partial charge in [-0.25, -0.2) is 4.98 Å². The third-order valence-electron chi connectivity index (χ3n) is 3.86. The molecule has 0 spiro atoms. The highest BCUT2D eigenvalue weighted by molar-refractivity contribution is 7.21. The summed E-state index contributed by atoms with van der Waals surface area (Å²) >= 11 is 1.47. The molecule has 5 nitrogen and oxygen atoms in total. The molecule has 4 rings (SSSR count). The average Bonchev–Trinajstić information content (AvgIpc) is 3.11. The summed E-state index contributed by atoms with van der Waals surface area (Å²) < 4.78 is 3.13. The Bertz CT molecular complexity index is 835. The molecule has 106 valence electrons. The first-order valence-electron chi connectivity index (χ1n) is 6.80. The molecule has 0 unspecified atom stereocenters. The minimum Gasteiger partial charge on any atom is -0.397 e. The van der Waals surface area contributed by atoms with E-state index in [1.165, 1.54) is 11.3 Å². The number of benzene rings is 1. The first kappa shape index (κ1) is 12.4. The van der Waals surface area contributed by atoms with Crippen molar-refractivity contribution in [3.8, 4) is 0 Å². The molecule has 0 radical (unpaired) electrons. The van der Waals surface area contributed by atoms with Crippen molar-refractivity contribution in [2.45, 2.75) is 13.1 Å². The number of thiophene rings is 1. The molecule has 1 aromatic carbocycles. The van der Waals surface area contributed by atoms with Gasteiger partial charge >= 0.3 is 0 Å². The molecular weight excluding hydrogens is 284 g/mol. The molecule has 0 atom stereocenters. The molecule has 6 heteroatoms. The minimum atomic E-state index is 0.00273. The number of aromatic nitrogens is 2. The summed E-state index contributed by atoms with van der Waals surface area (Å²) in [5.74, 6) is 0.928. The monoisotopic (exact) mass is 298 g/mol. The lowest BCUT2D eigenvalue weighted by atomic mass is 10.2. The van der Waals surface area contributed by atoms with Crippen molar-refractivity contribution in [2.75, 3.05) is 12.3 Å². The highest BCUT2D eigenvalue weighted by Crippen LogP contribution is 2.34. The van der Waals surface area contributed by atoms with Crippen LogP contribution >= 0.6 is 11.3 Å². The number of nitrogens with two attached hydrogens (primary N) is 1. The number of amides is 1. The average molecular weight is 298 g/mol. The van der Waals surface area contributed by atoms with Crippen LogP contribution in [0.25, 0.3) is 10.1 Å². The van der Waals surface area contributed by atoms with E-state index in [1.54, 1.807) is 6.20 Å². The summed E-state index contributed by atoms with van der Waals surface area (Å²) in [4.78, 5) is 19.5. The lowest BCUT2D eigenvalue weighted by Gasteiger charge is -2.27. The Morgan fingerprint density at radius 2 is 2.14 bits per heavy atom. The van der Waals surface area contributed by atoms with Gasteiger partial charge in [0.25, 0.3) is 5.91 Å². The number of nitrogens with zero attached hydrogens (tertiary/aromatic N) is 3. The van der Waals surface area contributed by atoms with Gasteiger partial charge < -0.3 is 15.2 Å².